The van der Waals surface area contributed by atoms with Crippen LogP contribution in [0.25, 0.3) is 10.8 Å². The molecule has 2 fully saturated rings. The summed E-state index contributed by atoms with van der Waals surface area (Å²) >= 11 is 6.68. The first-order valence-corrected chi connectivity index (χ1v) is 16.3. The molecule has 13 heteroatoms. The number of carbonyl (C=O) groups excluding carboxylic acids is 1. The molecule has 2 aromatic carbocycles. The molecular weight excluding hydrogens is 628 g/mol. The van der Waals surface area contributed by atoms with E-state index in [1.807, 2.05) is 51.1 Å². The standard InChI is InChI=1S/C34H40ClF2N7O3/c1-33(2,3)47-32(45)44-16-15-43(18-23(44)11-13-38)30-25-12-14-42(28-10-6-8-22-7-5-9-26(35)29(22)28)19-27(25)39-31(40-30)46-20-24-17-34(36,37)21-41(24)4/h5-10,23-24H,11-12,14-21H2,1-4H3/t23-,24-/m0/s1. The van der Waals surface area contributed by atoms with Gasteiger partial charge >= 0.3 is 12.1 Å². The highest BCUT2D eigenvalue weighted by Crippen LogP contribution is 2.38. The molecule has 0 spiro atoms. The van der Waals surface area contributed by atoms with E-state index in [0.717, 1.165) is 27.7 Å². The van der Waals surface area contributed by atoms with Crippen LogP contribution in [0.1, 0.15) is 44.9 Å². The number of ether oxygens (including phenoxy) is 2. The number of rotatable bonds is 6. The van der Waals surface area contributed by atoms with Gasteiger partial charge in [0.2, 0.25) is 0 Å². The first-order chi connectivity index (χ1) is 22.3. The topological polar surface area (TPSA) is 98.1 Å². The van der Waals surface area contributed by atoms with Crippen LogP contribution < -0.4 is 14.5 Å². The Hall–Kier alpha value is -3.95. The van der Waals surface area contributed by atoms with Crippen LogP contribution >= 0.6 is 11.6 Å². The fraction of sp³-hybridized carbons (Fsp3) is 0.529. The number of likely N-dealkylation sites (N-methyl/N-ethyl adjacent to an activating group) is 1. The van der Waals surface area contributed by atoms with Crippen molar-refractivity contribution in [3.63, 3.8) is 0 Å². The first kappa shape index (κ1) is 33.0. The normalized spacial score (nSPS) is 21.4. The summed E-state index contributed by atoms with van der Waals surface area (Å²) in [6.45, 7) is 7.48. The molecule has 0 radical (unpaired) electrons. The molecule has 3 aliphatic heterocycles. The van der Waals surface area contributed by atoms with Crippen LogP contribution in [0, 0.1) is 11.3 Å². The van der Waals surface area contributed by atoms with Gasteiger partial charge in [-0.15, -0.1) is 0 Å². The van der Waals surface area contributed by atoms with E-state index in [4.69, 9.17) is 31.0 Å². The number of amides is 1. The highest BCUT2D eigenvalue weighted by Gasteiger charge is 2.43. The van der Waals surface area contributed by atoms with Crippen LogP contribution in [0.5, 0.6) is 6.01 Å². The maximum Gasteiger partial charge on any atom is 0.410 e. The second-order valence-electron chi connectivity index (χ2n) is 13.6. The van der Waals surface area contributed by atoms with Crippen molar-refractivity contribution in [1.29, 1.82) is 5.26 Å². The second-order valence-corrected chi connectivity index (χ2v) is 14.0. The lowest BCUT2D eigenvalue weighted by Crippen LogP contribution is -2.56. The molecule has 0 unspecified atom stereocenters. The molecule has 0 bridgehead atoms. The summed E-state index contributed by atoms with van der Waals surface area (Å²) in [5.74, 6) is -2.09. The smallest absolute Gasteiger partial charge is 0.410 e. The van der Waals surface area contributed by atoms with Crippen LogP contribution in [0.15, 0.2) is 36.4 Å². The molecule has 0 N–H and O–H groups in total. The van der Waals surface area contributed by atoms with Crippen LogP contribution in [0.4, 0.5) is 25.1 Å². The van der Waals surface area contributed by atoms with E-state index in [1.165, 1.54) is 0 Å². The Kier molecular flexibility index (Phi) is 9.06. The number of nitriles is 1. The summed E-state index contributed by atoms with van der Waals surface area (Å²) in [7, 11) is 1.67. The highest BCUT2D eigenvalue weighted by atomic mass is 35.5. The summed E-state index contributed by atoms with van der Waals surface area (Å²) in [4.78, 5) is 30.3. The van der Waals surface area contributed by atoms with Crippen molar-refractivity contribution in [2.75, 3.05) is 56.2 Å². The number of benzene rings is 2. The third-order valence-electron chi connectivity index (χ3n) is 8.98. The fourth-order valence-corrected chi connectivity index (χ4v) is 7.04. The van der Waals surface area contributed by atoms with Gasteiger partial charge in [0.15, 0.2) is 0 Å². The Balaban J connectivity index is 1.32. The van der Waals surface area contributed by atoms with Gasteiger partial charge < -0.3 is 24.2 Å². The molecule has 47 heavy (non-hydrogen) atoms. The maximum absolute atomic E-state index is 14.1. The van der Waals surface area contributed by atoms with E-state index in [0.29, 0.717) is 50.0 Å². The lowest BCUT2D eigenvalue weighted by atomic mass is 10.0. The number of halogens is 3. The average Bonchev–Trinajstić information content (AvgIpc) is 3.29. The van der Waals surface area contributed by atoms with Gasteiger partial charge in [0.25, 0.3) is 5.92 Å². The fourth-order valence-electron chi connectivity index (χ4n) is 6.76. The first-order valence-electron chi connectivity index (χ1n) is 16.0. The molecule has 1 amide bonds. The molecule has 3 aliphatic rings. The molecule has 4 heterocycles. The number of anilines is 2. The van der Waals surface area contributed by atoms with Crippen LogP contribution in [0.2, 0.25) is 5.02 Å². The van der Waals surface area contributed by atoms with Gasteiger partial charge in [-0.25, -0.2) is 13.6 Å². The third kappa shape index (κ3) is 7.16. The molecule has 250 valence electrons. The zero-order chi connectivity index (χ0) is 33.5. The lowest BCUT2D eigenvalue weighted by Gasteiger charge is -2.42. The van der Waals surface area contributed by atoms with Crippen molar-refractivity contribution < 1.29 is 23.0 Å². The Morgan fingerprint density at radius 2 is 1.87 bits per heavy atom. The van der Waals surface area contributed by atoms with Crippen molar-refractivity contribution in [1.82, 2.24) is 19.8 Å². The highest BCUT2D eigenvalue weighted by molar-refractivity contribution is 6.36. The van der Waals surface area contributed by atoms with Crippen LogP contribution in [-0.4, -0.2) is 95.8 Å². The Labute approximate surface area is 278 Å². The molecule has 6 rings (SSSR count). The van der Waals surface area contributed by atoms with E-state index >= 15 is 0 Å². The zero-order valence-electron chi connectivity index (χ0n) is 27.2. The molecular formula is C34H40ClF2N7O3. The van der Waals surface area contributed by atoms with Crippen molar-refractivity contribution in [3.05, 3.63) is 52.7 Å². The zero-order valence-corrected chi connectivity index (χ0v) is 27.9. The minimum atomic E-state index is -2.77. The summed E-state index contributed by atoms with van der Waals surface area (Å²) in [6.07, 6.45) is 0.0235. The molecule has 0 aliphatic carbocycles. The second kappa shape index (κ2) is 12.9. The summed E-state index contributed by atoms with van der Waals surface area (Å²) < 4.78 is 39.9. The van der Waals surface area contributed by atoms with E-state index in [9.17, 15) is 18.8 Å². The predicted molar refractivity (Wildman–Crippen MR) is 176 cm³/mol. The van der Waals surface area contributed by atoms with Crippen molar-refractivity contribution in [2.24, 2.45) is 0 Å². The number of fused-ring (bicyclic) bond motifs is 2. The van der Waals surface area contributed by atoms with Crippen LogP contribution in [-0.2, 0) is 17.7 Å². The molecule has 2 atom stereocenters. The maximum atomic E-state index is 14.1. The number of carbonyl (C=O) groups is 1. The predicted octanol–water partition coefficient (Wildman–Crippen LogP) is 5.90. The number of hydrogen-bond acceptors (Lipinski definition) is 9. The van der Waals surface area contributed by atoms with Gasteiger partial charge in [-0.2, -0.15) is 15.2 Å². The third-order valence-corrected chi connectivity index (χ3v) is 9.29. The number of likely N-dealkylation sites (tertiary alicyclic amines) is 1. The van der Waals surface area contributed by atoms with Crippen molar-refractivity contribution >= 4 is 40.0 Å². The number of aromatic nitrogens is 2. The molecule has 1 aromatic heterocycles. The van der Waals surface area contributed by atoms with Gasteiger partial charge in [0.05, 0.1) is 42.3 Å². The summed E-state index contributed by atoms with van der Waals surface area (Å²) in [5.41, 5.74) is 2.07. The summed E-state index contributed by atoms with van der Waals surface area (Å²) in [5, 5.41) is 12.3. The Morgan fingerprint density at radius 3 is 2.57 bits per heavy atom. The van der Waals surface area contributed by atoms with Gasteiger partial charge in [0, 0.05) is 55.3 Å². The van der Waals surface area contributed by atoms with E-state index in [1.54, 1.807) is 16.8 Å². The average molecular weight is 668 g/mol. The molecule has 10 nitrogen and oxygen atoms in total. The van der Waals surface area contributed by atoms with Gasteiger partial charge in [0.1, 0.15) is 18.0 Å². The number of piperazine rings is 1. The monoisotopic (exact) mass is 667 g/mol. The van der Waals surface area contributed by atoms with E-state index in [-0.39, 0.29) is 32.0 Å². The van der Waals surface area contributed by atoms with Gasteiger partial charge in [-0.3, -0.25) is 4.90 Å². The largest absolute Gasteiger partial charge is 0.462 e. The quantitative estimate of drug-likeness (QED) is 0.318. The molecule has 2 saturated heterocycles. The number of alkyl halides is 2. The molecule has 3 aromatic rings. The van der Waals surface area contributed by atoms with E-state index < -0.39 is 29.7 Å². The Bertz CT molecular complexity index is 1690. The SMILES string of the molecule is CN1CC(F)(F)C[C@H]1COc1nc2c(c(N3CCN(C(=O)OC(C)(C)C)[C@@H](CC#N)C3)n1)CCN(c1cccc3cccc(Cl)c13)C2. The minimum absolute atomic E-state index is 0.0242. The van der Waals surface area contributed by atoms with Gasteiger partial charge in [-0.05, 0) is 51.8 Å². The number of nitrogens with zero attached hydrogens (tertiary/aromatic N) is 7. The van der Waals surface area contributed by atoms with Crippen molar-refractivity contribution in [2.45, 2.75) is 70.2 Å². The van der Waals surface area contributed by atoms with Gasteiger partial charge in [-0.1, -0.05) is 35.9 Å². The summed E-state index contributed by atoms with van der Waals surface area (Å²) in [6, 6.07) is 13.4. The minimum Gasteiger partial charge on any atom is -0.462 e. The lowest BCUT2D eigenvalue weighted by molar-refractivity contribution is 0.0132. The van der Waals surface area contributed by atoms with Crippen LogP contribution in [0.3, 0.4) is 0 Å². The number of hydrogen-bond donors (Lipinski definition) is 0. The van der Waals surface area contributed by atoms with E-state index in [2.05, 4.69) is 21.9 Å². The molecule has 0 saturated carbocycles. The van der Waals surface area contributed by atoms with Crippen molar-refractivity contribution in [3.8, 4) is 12.1 Å². The Morgan fingerprint density at radius 1 is 1.11 bits per heavy atom.